The van der Waals surface area contributed by atoms with Gasteiger partial charge in [0.15, 0.2) is 0 Å². The van der Waals surface area contributed by atoms with E-state index in [0.717, 1.165) is 23.4 Å². The molecule has 4 fully saturated rings. The molecular weight excluding hydrogens is 370 g/mol. The van der Waals surface area contributed by atoms with E-state index in [1.165, 1.54) is 59.6 Å². The van der Waals surface area contributed by atoms with Crippen molar-refractivity contribution >= 4 is 31.5 Å². The molecule has 0 N–H and O–H groups in total. The molecular formula is C27H25NS. The first-order chi connectivity index (χ1) is 14.3. The average Bonchev–Trinajstić information content (AvgIpc) is 3.12. The third-order valence-corrected chi connectivity index (χ3v) is 9.36. The summed E-state index contributed by atoms with van der Waals surface area (Å²) in [5, 5.41) is 2.86. The monoisotopic (exact) mass is 395 g/mol. The van der Waals surface area contributed by atoms with Gasteiger partial charge in [-0.05, 0) is 79.4 Å². The maximum atomic E-state index is 4.65. The van der Waals surface area contributed by atoms with Gasteiger partial charge in [-0.1, -0.05) is 42.5 Å². The standard InChI is InChI=1S/C27H25NS/c1-2-10-28-24(9-1)22-7-3-5-20-21-6-4-8-23(26(21)29-25(20)22)27-14-17-11-18(15-27)13-19(12-17)16-27/h1-10,17-19H,11-16H2. The fraction of sp³-hybridized carbons (Fsp3) is 0.370. The van der Waals surface area contributed by atoms with Crippen molar-refractivity contribution < 1.29 is 0 Å². The van der Waals surface area contributed by atoms with Crippen molar-refractivity contribution in [2.75, 3.05) is 0 Å². The summed E-state index contributed by atoms with van der Waals surface area (Å²) in [5.74, 6) is 2.94. The predicted molar refractivity (Wildman–Crippen MR) is 122 cm³/mol. The lowest BCUT2D eigenvalue weighted by molar-refractivity contribution is -0.00442. The van der Waals surface area contributed by atoms with E-state index in [1.807, 2.05) is 23.6 Å². The highest BCUT2D eigenvalue weighted by atomic mass is 32.1. The molecule has 0 amide bonds. The van der Waals surface area contributed by atoms with E-state index in [-0.39, 0.29) is 0 Å². The molecule has 1 nitrogen and oxygen atoms in total. The molecule has 0 atom stereocenters. The first-order valence-electron chi connectivity index (χ1n) is 11.2. The van der Waals surface area contributed by atoms with Gasteiger partial charge < -0.3 is 0 Å². The van der Waals surface area contributed by atoms with Crippen LogP contribution in [-0.2, 0) is 5.41 Å². The van der Waals surface area contributed by atoms with E-state index in [0.29, 0.717) is 5.41 Å². The fourth-order valence-corrected chi connectivity index (χ4v) is 8.86. The van der Waals surface area contributed by atoms with E-state index in [9.17, 15) is 0 Å². The van der Waals surface area contributed by atoms with Crippen molar-refractivity contribution in [3.05, 3.63) is 66.4 Å². The molecule has 4 aliphatic rings. The maximum absolute atomic E-state index is 4.65. The van der Waals surface area contributed by atoms with Crippen LogP contribution < -0.4 is 0 Å². The van der Waals surface area contributed by atoms with Crippen molar-refractivity contribution in [2.24, 2.45) is 17.8 Å². The molecule has 0 aliphatic heterocycles. The van der Waals surface area contributed by atoms with Crippen LogP contribution in [0.25, 0.3) is 31.4 Å². The lowest BCUT2D eigenvalue weighted by Crippen LogP contribution is -2.48. The van der Waals surface area contributed by atoms with Gasteiger partial charge in [-0.25, -0.2) is 0 Å². The molecule has 0 radical (unpaired) electrons. The topological polar surface area (TPSA) is 12.9 Å². The van der Waals surface area contributed by atoms with Crippen molar-refractivity contribution in [3.63, 3.8) is 0 Å². The summed E-state index contributed by atoms with van der Waals surface area (Å²) in [4.78, 5) is 4.65. The number of aromatic nitrogens is 1. The lowest BCUT2D eigenvalue weighted by Gasteiger charge is -2.57. The van der Waals surface area contributed by atoms with E-state index < -0.39 is 0 Å². The molecule has 4 aliphatic carbocycles. The molecule has 2 aromatic heterocycles. The number of pyridine rings is 1. The number of thiophene rings is 1. The quantitative estimate of drug-likeness (QED) is 0.341. The van der Waals surface area contributed by atoms with Crippen molar-refractivity contribution in [1.29, 1.82) is 0 Å². The fourth-order valence-electron chi connectivity index (χ4n) is 7.40. The van der Waals surface area contributed by atoms with Crippen LogP contribution in [-0.4, -0.2) is 4.98 Å². The number of hydrogen-bond acceptors (Lipinski definition) is 2. The predicted octanol–water partition coefficient (Wildman–Crippen LogP) is 7.58. The molecule has 4 saturated carbocycles. The minimum atomic E-state index is 0.445. The van der Waals surface area contributed by atoms with Crippen LogP contribution in [0.15, 0.2) is 60.8 Å². The average molecular weight is 396 g/mol. The van der Waals surface area contributed by atoms with Crippen LogP contribution in [0.3, 0.4) is 0 Å². The Bertz CT molecular complexity index is 1200. The van der Waals surface area contributed by atoms with Gasteiger partial charge in [0.25, 0.3) is 0 Å². The molecule has 0 unspecified atom stereocenters. The Labute approximate surface area is 175 Å². The normalized spacial score (nSPS) is 30.4. The summed E-state index contributed by atoms with van der Waals surface area (Å²) < 4.78 is 2.95. The molecule has 2 aromatic carbocycles. The molecule has 2 heteroatoms. The Balaban J connectivity index is 1.48. The zero-order chi connectivity index (χ0) is 19.0. The van der Waals surface area contributed by atoms with Gasteiger partial charge in [-0.3, -0.25) is 4.98 Å². The van der Waals surface area contributed by atoms with Crippen LogP contribution >= 0.6 is 11.3 Å². The molecule has 8 rings (SSSR count). The highest BCUT2D eigenvalue weighted by Gasteiger charge is 2.52. The smallest absolute Gasteiger partial charge is 0.0716 e. The van der Waals surface area contributed by atoms with Crippen molar-refractivity contribution in [2.45, 2.75) is 43.9 Å². The zero-order valence-corrected chi connectivity index (χ0v) is 17.4. The van der Waals surface area contributed by atoms with Crippen molar-refractivity contribution in [3.8, 4) is 11.3 Å². The second-order valence-corrected chi connectivity index (χ2v) is 10.9. The van der Waals surface area contributed by atoms with Gasteiger partial charge in [0.05, 0.1) is 5.69 Å². The summed E-state index contributed by atoms with van der Waals surface area (Å²) in [6.07, 6.45) is 10.7. The summed E-state index contributed by atoms with van der Waals surface area (Å²) in [7, 11) is 0. The van der Waals surface area contributed by atoms with E-state index >= 15 is 0 Å². The number of fused-ring (bicyclic) bond motifs is 3. The van der Waals surface area contributed by atoms with E-state index in [1.54, 1.807) is 10.3 Å². The van der Waals surface area contributed by atoms with Crippen LogP contribution in [0.1, 0.15) is 44.1 Å². The molecule has 0 spiro atoms. The summed E-state index contributed by atoms with van der Waals surface area (Å²) in [5.41, 5.74) is 4.48. The number of rotatable bonds is 2. The Morgan fingerprint density at radius 1 is 0.724 bits per heavy atom. The van der Waals surface area contributed by atoms with Crippen molar-refractivity contribution in [1.82, 2.24) is 4.98 Å². The third-order valence-electron chi connectivity index (χ3n) is 8.07. The first kappa shape index (κ1) is 16.6. The Kier molecular flexibility index (Phi) is 3.39. The minimum absolute atomic E-state index is 0.445. The molecule has 2 heterocycles. The molecule has 0 saturated heterocycles. The Hall–Kier alpha value is -2.19. The second kappa shape index (κ2) is 5.92. The van der Waals surface area contributed by atoms with Gasteiger partial charge in [-0.2, -0.15) is 0 Å². The SMILES string of the molecule is c1ccc(-c2cccc3c2sc2c(C45CC6CC(CC(C6)C4)C5)cccc23)nc1. The van der Waals surface area contributed by atoms with Crippen LogP contribution in [0, 0.1) is 17.8 Å². The number of nitrogens with zero attached hydrogens (tertiary/aromatic N) is 1. The lowest BCUT2D eigenvalue weighted by atomic mass is 9.48. The van der Waals surface area contributed by atoms with Crippen LogP contribution in [0.2, 0.25) is 0 Å². The van der Waals surface area contributed by atoms with Gasteiger partial charge in [0.1, 0.15) is 0 Å². The van der Waals surface area contributed by atoms with E-state index in [4.69, 9.17) is 0 Å². The Morgan fingerprint density at radius 2 is 1.41 bits per heavy atom. The molecule has 4 aromatic rings. The number of hydrogen-bond donors (Lipinski definition) is 0. The summed E-state index contributed by atoms with van der Waals surface area (Å²) in [6, 6.07) is 20.1. The van der Waals surface area contributed by atoms with Gasteiger partial charge in [-0.15, -0.1) is 11.3 Å². The third kappa shape index (κ3) is 2.36. The maximum Gasteiger partial charge on any atom is 0.0716 e. The van der Waals surface area contributed by atoms with Gasteiger partial charge in [0, 0.05) is 31.9 Å². The molecule has 144 valence electrons. The van der Waals surface area contributed by atoms with Gasteiger partial charge >= 0.3 is 0 Å². The van der Waals surface area contributed by atoms with E-state index in [2.05, 4.69) is 53.5 Å². The number of benzene rings is 2. The summed E-state index contributed by atoms with van der Waals surface area (Å²) in [6.45, 7) is 0. The highest BCUT2D eigenvalue weighted by Crippen LogP contribution is 2.62. The minimum Gasteiger partial charge on any atom is -0.256 e. The second-order valence-electron chi connectivity index (χ2n) is 9.88. The van der Waals surface area contributed by atoms with Crippen LogP contribution in [0.5, 0.6) is 0 Å². The first-order valence-corrected chi connectivity index (χ1v) is 12.0. The Morgan fingerprint density at radius 3 is 2.10 bits per heavy atom. The molecule has 4 bridgehead atoms. The van der Waals surface area contributed by atoms with Crippen LogP contribution in [0.4, 0.5) is 0 Å². The van der Waals surface area contributed by atoms with Gasteiger partial charge in [0.2, 0.25) is 0 Å². The zero-order valence-electron chi connectivity index (χ0n) is 16.6. The summed E-state index contributed by atoms with van der Waals surface area (Å²) >= 11 is 2.02. The largest absolute Gasteiger partial charge is 0.256 e. The molecule has 29 heavy (non-hydrogen) atoms. The highest BCUT2D eigenvalue weighted by molar-refractivity contribution is 7.26.